The summed E-state index contributed by atoms with van der Waals surface area (Å²) in [5.41, 5.74) is 5.53. The molecule has 96 valence electrons. The average Bonchev–Trinajstić information content (AvgIpc) is 2.90. The van der Waals surface area contributed by atoms with Crippen molar-refractivity contribution in [3.05, 3.63) is 12.2 Å². The van der Waals surface area contributed by atoms with Gasteiger partial charge >= 0.3 is 0 Å². The maximum absolute atomic E-state index is 12.3. The standard InChI is InChI=1S/C14H24N2O/c1-9(2)14(3,8-15)16-13(17)12-7-10-4-5-11(12)6-10/h4-5,9-12H,6-8,15H2,1-3H3,(H,16,17). The summed E-state index contributed by atoms with van der Waals surface area (Å²) >= 11 is 0. The third-order valence-electron chi connectivity index (χ3n) is 4.72. The molecule has 1 fully saturated rings. The van der Waals surface area contributed by atoms with Crippen molar-refractivity contribution in [3.63, 3.8) is 0 Å². The second kappa shape index (κ2) is 4.45. The van der Waals surface area contributed by atoms with Crippen molar-refractivity contribution < 1.29 is 4.79 Å². The molecule has 2 aliphatic rings. The van der Waals surface area contributed by atoms with Gasteiger partial charge in [-0.15, -0.1) is 0 Å². The number of carbonyl (C=O) groups excluding carboxylic acids is 1. The van der Waals surface area contributed by atoms with Crippen LogP contribution in [-0.2, 0) is 4.79 Å². The maximum atomic E-state index is 12.3. The summed E-state index contributed by atoms with van der Waals surface area (Å²) in [6, 6.07) is 0. The molecular weight excluding hydrogens is 212 g/mol. The zero-order valence-electron chi connectivity index (χ0n) is 11.1. The largest absolute Gasteiger partial charge is 0.349 e. The monoisotopic (exact) mass is 236 g/mol. The van der Waals surface area contributed by atoms with Gasteiger partial charge in [-0.2, -0.15) is 0 Å². The average molecular weight is 236 g/mol. The number of hydrogen-bond acceptors (Lipinski definition) is 2. The zero-order chi connectivity index (χ0) is 12.6. The van der Waals surface area contributed by atoms with Crippen LogP contribution in [-0.4, -0.2) is 18.0 Å². The number of hydrogen-bond donors (Lipinski definition) is 2. The Morgan fingerprint density at radius 2 is 2.18 bits per heavy atom. The number of nitrogens with two attached hydrogens (primary N) is 1. The zero-order valence-corrected chi connectivity index (χ0v) is 11.1. The van der Waals surface area contributed by atoms with E-state index in [1.807, 2.05) is 6.92 Å². The molecule has 0 radical (unpaired) electrons. The predicted molar refractivity (Wildman–Crippen MR) is 69.3 cm³/mol. The van der Waals surface area contributed by atoms with Gasteiger partial charge in [-0.05, 0) is 37.5 Å². The molecule has 1 amide bonds. The van der Waals surface area contributed by atoms with Gasteiger partial charge in [0.2, 0.25) is 5.91 Å². The molecule has 3 heteroatoms. The SMILES string of the molecule is CC(C)C(C)(CN)NC(=O)C1CC2C=CC1C2. The van der Waals surface area contributed by atoms with E-state index in [2.05, 4.69) is 31.3 Å². The van der Waals surface area contributed by atoms with Gasteiger partial charge in [0.1, 0.15) is 0 Å². The van der Waals surface area contributed by atoms with Crippen molar-refractivity contribution in [1.82, 2.24) is 5.32 Å². The van der Waals surface area contributed by atoms with Gasteiger partial charge in [0.15, 0.2) is 0 Å². The van der Waals surface area contributed by atoms with Gasteiger partial charge in [-0.3, -0.25) is 4.79 Å². The van der Waals surface area contributed by atoms with E-state index in [9.17, 15) is 4.79 Å². The van der Waals surface area contributed by atoms with Crippen LogP contribution in [0.5, 0.6) is 0 Å². The minimum Gasteiger partial charge on any atom is -0.349 e. The minimum atomic E-state index is -0.275. The van der Waals surface area contributed by atoms with Crippen LogP contribution >= 0.6 is 0 Å². The van der Waals surface area contributed by atoms with E-state index < -0.39 is 0 Å². The highest BCUT2D eigenvalue weighted by Gasteiger charge is 2.41. The molecule has 0 heterocycles. The van der Waals surface area contributed by atoms with Crippen LogP contribution < -0.4 is 11.1 Å². The van der Waals surface area contributed by atoms with Crippen molar-refractivity contribution in [2.75, 3.05) is 6.54 Å². The lowest BCUT2D eigenvalue weighted by atomic mass is 9.86. The van der Waals surface area contributed by atoms with E-state index in [-0.39, 0.29) is 17.4 Å². The number of carbonyl (C=O) groups is 1. The Bertz CT molecular complexity index is 337. The van der Waals surface area contributed by atoms with Crippen LogP contribution in [0.25, 0.3) is 0 Å². The quantitative estimate of drug-likeness (QED) is 0.730. The Balaban J connectivity index is 2.00. The van der Waals surface area contributed by atoms with Crippen molar-refractivity contribution >= 4 is 5.91 Å². The fraction of sp³-hybridized carbons (Fsp3) is 0.786. The van der Waals surface area contributed by atoms with Gasteiger partial charge in [0, 0.05) is 12.5 Å². The molecule has 4 unspecified atom stereocenters. The summed E-state index contributed by atoms with van der Waals surface area (Å²) in [5.74, 6) is 1.83. The third-order valence-corrected chi connectivity index (χ3v) is 4.72. The molecular formula is C14H24N2O. The highest BCUT2D eigenvalue weighted by atomic mass is 16.2. The lowest BCUT2D eigenvalue weighted by Gasteiger charge is -2.35. The topological polar surface area (TPSA) is 55.1 Å². The highest BCUT2D eigenvalue weighted by molar-refractivity contribution is 5.80. The molecule has 0 aromatic rings. The van der Waals surface area contributed by atoms with Gasteiger partial charge in [-0.25, -0.2) is 0 Å². The van der Waals surface area contributed by atoms with Gasteiger partial charge < -0.3 is 11.1 Å². The Labute approximate surface area is 104 Å². The molecule has 2 aliphatic carbocycles. The predicted octanol–water partition coefficient (Wildman–Crippen LogP) is 1.69. The first-order chi connectivity index (χ1) is 7.96. The van der Waals surface area contributed by atoms with Crippen LogP contribution in [0.15, 0.2) is 12.2 Å². The molecule has 0 aliphatic heterocycles. The van der Waals surface area contributed by atoms with E-state index in [0.29, 0.717) is 24.3 Å². The van der Waals surface area contributed by atoms with Gasteiger partial charge in [0.05, 0.1) is 5.54 Å². The summed E-state index contributed by atoms with van der Waals surface area (Å²) < 4.78 is 0. The summed E-state index contributed by atoms with van der Waals surface area (Å²) in [4.78, 5) is 12.3. The molecule has 4 atom stereocenters. The molecule has 0 aromatic heterocycles. The Hall–Kier alpha value is -0.830. The van der Waals surface area contributed by atoms with Crippen LogP contribution in [0.2, 0.25) is 0 Å². The first-order valence-corrected chi connectivity index (χ1v) is 6.66. The van der Waals surface area contributed by atoms with E-state index in [4.69, 9.17) is 5.73 Å². The Kier molecular flexibility index (Phi) is 3.30. The number of nitrogens with one attached hydrogen (secondary N) is 1. The number of rotatable bonds is 4. The molecule has 17 heavy (non-hydrogen) atoms. The summed E-state index contributed by atoms with van der Waals surface area (Å²) in [5, 5.41) is 3.17. The lowest BCUT2D eigenvalue weighted by Crippen LogP contribution is -2.56. The minimum absolute atomic E-state index is 0.176. The summed E-state index contributed by atoms with van der Waals surface area (Å²) in [6.07, 6.45) is 6.66. The van der Waals surface area contributed by atoms with Crippen LogP contribution in [0.4, 0.5) is 0 Å². The van der Waals surface area contributed by atoms with E-state index >= 15 is 0 Å². The van der Waals surface area contributed by atoms with Gasteiger partial charge in [-0.1, -0.05) is 26.0 Å². The number of fused-ring (bicyclic) bond motifs is 2. The number of allylic oxidation sites excluding steroid dienone is 2. The Morgan fingerprint density at radius 3 is 2.59 bits per heavy atom. The molecule has 2 rings (SSSR count). The van der Waals surface area contributed by atoms with Gasteiger partial charge in [0.25, 0.3) is 0 Å². The van der Waals surface area contributed by atoms with Crippen molar-refractivity contribution in [2.45, 2.75) is 39.2 Å². The van der Waals surface area contributed by atoms with Crippen molar-refractivity contribution in [3.8, 4) is 0 Å². The first kappa shape index (κ1) is 12.6. The molecule has 3 nitrogen and oxygen atoms in total. The maximum Gasteiger partial charge on any atom is 0.224 e. The van der Waals surface area contributed by atoms with E-state index in [1.165, 1.54) is 6.42 Å². The fourth-order valence-electron chi connectivity index (χ4n) is 2.89. The van der Waals surface area contributed by atoms with Crippen molar-refractivity contribution in [2.24, 2.45) is 29.4 Å². The molecule has 0 aromatic carbocycles. The normalized spacial score (nSPS) is 34.1. The van der Waals surface area contributed by atoms with Crippen molar-refractivity contribution in [1.29, 1.82) is 0 Å². The van der Waals surface area contributed by atoms with Crippen LogP contribution in [0.3, 0.4) is 0 Å². The molecule has 0 saturated heterocycles. The Morgan fingerprint density at radius 1 is 1.47 bits per heavy atom. The second-order valence-electron chi connectivity index (χ2n) is 6.15. The summed E-state index contributed by atoms with van der Waals surface area (Å²) in [7, 11) is 0. The molecule has 0 spiro atoms. The third kappa shape index (κ3) is 2.25. The highest BCUT2D eigenvalue weighted by Crippen LogP contribution is 2.43. The van der Waals surface area contributed by atoms with Crippen LogP contribution in [0, 0.1) is 23.7 Å². The van der Waals surface area contributed by atoms with E-state index in [1.54, 1.807) is 0 Å². The number of amides is 1. The first-order valence-electron chi connectivity index (χ1n) is 6.66. The molecule has 3 N–H and O–H groups in total. The smallest absolute Gasteiger partial charge is 0.224 e. The fourth-order valence-corrected chi connectivity index (χ4v) is 2.89. The van der Waals surface area contributed by atoms with Crippen LogP contribution in [0.1, 0.15) is 33.6 Å². The summed E-state index contributed by atoms with van der Waals surface area (Å²) in [6.45, 7) is 6.74. The molecule has 2 bridgehead atoms. The second-order valence-corrected chi connectivity index (χ2v) is 6.15. The lowest BCUT2D eigenvalue weighted by molar-refractivity contribution is -0.128. The van der Waals surface area contributed by atoms with E-state index in [0.717, 1.165) is 6.42 Å². The molecule has 1 saturated carbocycles.